The Labute approximate surface area is 219 Å². The number of rotatable bonds is 9. The second-order valence-corrected chi connectivity index (χ2v) is 9.56. The second kappa shape index (κ2) is 12.0. The Bertz CT molecular complexity index is 1120. The molecule has 0 bridgehead atoms. The molecule has 1 aliphatic heterocycles. The van der Waals surface area contributed by atoms with Gasteiger partial charge in [0, 0.05) is 34.8 Å². The molecular weight excluding hydrogens is 539 g/mol. The molecule has 3 aromatic carbocycles. The van der Waals surface area contributed by atoms with Crippen LogP contribution in [0.3, 0.4) is 0 Å². The lowest BCUT2D eigenvalue weighted by atomic mass is 10.2. The summed E-state index contributed by atoms with van der Waals surface area (Å²) >= 11 is 16.3. The van der Waals surface area contributed by atoms with Crippen molar-refractivity contribution in [3.63, 3.8) is 0 Å². The predicted octanol–water partition coefficient (Wildman–Crippen LogP) is 7.18. The number of ether oxygens (including phenoxy) is 3. The minimum absolute atomic E-state index is 0.401. The third kappa shape index (κ3) is 6.51. The molecule has 0 unspecified atom stereocenters. The highest BCUT2D eigenvalue weighted by Gasteiger charge is 2.15. The molecule has 0 aliphatic carbocycles. The summed E-state index contributed by atoms with van der Waals surface area (Å²) in [6.07, 6.45) is 0. The van der Waals surface area contributed by atoms with Gasteiger partial charge in [0.25, 0.3) is 0 Å². The van der Waals surface area contributed by atoms with E-state index >= 15 is 0 Å². The first-order valence-corrected chi connectivity index (χ1v) is 12.8. The van der Waals surface area contributed by atoms with E-state index in [1.807, 2.05) is 49.4 Å². The summed E-state index contributed by atoms with van der Waals surface area (Å²) in [6.45, 7) is 6.66. The van der Waals surface area contributed by atoms with E-state index < -0.39 is 0 Å². The molecule has 0 aromatic heterocycles. The van der Waals surface area contributed by atoms with Crippen LogP contribution in [0.25, 0.3) is 0 Å². The number of morpholine rings is 1. The highest BCUT2D eigenvalue weighted by Crippen LogP contribution is 2.35. The van der Waals surface area contributed by atoms with E-state index in [9.17, 15) is 0 Å². The molecule has 0 amide bonds. The van der Waals surface area contributed by atoms with Gasteiger partial charge in [0.2, 0.25) is 0 Å². The van der Waals surface area contributed by atoms with Crippen molar-refractivity contribution in [3.8, 4) is 11.5 Å². The van der Waals surface area contributed by atoms with E-state index in [0.29, 0.717) is 36.3 Å². The molecule has 0 spiro atoms. The van der Waals surface area contributed by atoms with Gasteiger partial charge in [-0.2, -0.15) is 0 Å². The topological polar surface area (TPSA) is 43.0 Å². The van der Waals surface area contributed by atoms with E-state index in [1.54, 1.807) is 0 Å². The first-order chi connectivity index (χ1) is 16.5. The Morgan fingerprint density at radius 3 is 2.53 bits per heavy atom. The number of anilines is 2. The first kappa shape index (κ1) is 25.0. The van der Waals surface area contributed by atoms with Crippen LogP contribution in [0.15, 0.2) is 59.1 Å². The van der Waals surface area contributed by atoms with Crippen LogP contribution in [0.5, 0.6) is 11.5 Å². The molecular formula is C26H27BrCl2N2O3. The lowest BCUT2D eigenvalue weighted by molar-refractivity contribution is 0.122. The van der Waals surface area contributed by atoms with Gasteiger partial charge in [0.15, 0.2) is 11.5 Å². The van der Waals surface area contributed by atoms with Crippen LogP contribution in [-0.2, 0) is 17.9 Å². The lowest BCUT2D eigenvalue weighted by Crippen LogP contribution is -2.36. The Hall–Kier alpha value is -2.12. The zero-order valence-corrected chi connectivity index (χ0v) is 22.0. The number of hydrogen-bond donors (Lipinski definition) is 1. The van der Waals surface area contributed by atoms with Gasteiger partial charge in [-0.05, 0) is 60.5 Å². The van der Waals surface area contributed by atoms with Crippen molar-refractivity contribution in [2.75, 3.05) is 43.1 Å². The van der Waals surface area contributed by atoms with Gasteiger partial charge in [0.05, 0.1) is 30.5 Å². The van der Waals surface area contributed by atoms with Gasteiger partial charge in [-0.3, -0.25) is 0 Å². The Morgan fingerprint density at radius 2 is 1.79 bits per heavy atom. The van der Waals surface area contributed by atoms with Crippen LogP contribution >= 0.6 is 39.1 Å². The minimum atomic E-state index is 0.401. The van der Waals surface area contributed by atoms with Crippen molar-refractivity contribution < 1.29 is 14.2 Å². The van der Waals surface area contributed by atoms with E-state index in [-0.39, 0.29) is 0 Å². The molecule has 180 valence electrons. The van der Waals surface area contributed by atoms with Crippen molar-refractivity contribution in [2.45, 2.75) is 20.1 Å². The number of nitrogens with zero attached hydrogens (tertiary/aromatic N) is 1. The van der Waals surface area contributed by atoms with E-state index in [4.69, 9.17) is 37.4 Å². The van der Waals surface area contributed by atoms with Gasteiger partial charge < -0.3 is 24.4 Å². The van der Waals surface area contributed by atoms with Crippen LogP contribution in [0.4, 0.5) is 11.4 Å². The minimum Gasteiger partial charge on any atom is -0.490 e. The van der Waals surface area contributed by atoms with Crippen LogP contribution in [0, 0.1) is 0 Å². The third-order valence-electron chi connectivity index (χ3n) is 5.48. The van der Waals surface area contributed by atoms with Gasteiger partial charge in [0.1, 0.15) is 6.61 Å². The van der Waals surface area contributed by atoms with E-state index in [0.717, 1.165) is 58.3 Å². The summed E-state index contributed by atoms with van der Waals surface area (Å²) in [6, 6.07) is 17.7. The monoisotopic (exact) mass is 564 g/mol. The molecule has 1 saturated heterocycles. The molecule has 1 heterocycles. The highest BCUT2D eigenvalue weighted by atomic mass is 79.9. The molecule has 8 heteroatoms. The Balaban J connectivity index is 1.44. The number of halogens is 3. The zero-order chi connectivity index (χ0) is 23.9. The Kier molecular flexibility index (Phi) is 8.84. The first-order valence-electron chi connectivity index (χ1n) is 11.2. The average molecular weight is 566 g/mol. The molecule has 4 rings (SSSR count). The summed E-state index contributed by atoms with van der Waals surface area (Å²) in [7, 11) is 0. The molecule has 0 atom stereocenters. The van der Waals surface area contributed by atoms with Crippen LogP contribution < -0.4 is 19.7 Å². The summed E-state index contributed by atoms with van der Waals surface area (Å²) in [4.78, 5) is 2.25. The number of nitrogens with one attached hydrogen (secondary N) is 1. The van der Waals surface area contributed by atoms with E-state index in [2.05, 4.69) is 38.3 Å². The molecule has 1 fully saturated rings. The maximum atomic E-state index is 6.58. The second-order valence-electron chi connectivity index (χ2n) is 7.86. The summed E-state index contributed by atoms with van der Waals surface area (Å²) < 4.78 is 18.3. The lowest BCUT2D eigenvalue weighted by Gasteiger charge is -2.29. The fourth-order valence-electron chi connectivity index (χ4n) is 3.76. The van der Waals surface area contributed by atoms with Crippen molar-refractivity contribution in [2.24, 2.45) is 0 Å². The third-order valence-corrected chi connectivity index (χ3v) is 6.75. The molecule has 0 radical (unpaired) electrons. The zero-order valence-electron chi connectivity index (χ0n) is 19.0. The molecule has 34 heavy (non-hydrogen) atoms. The molecule has 1 N–H and O–H groups in total. The predicted molar refractivity (Wildman–Crippen MR) is 143 cm³/mol. The van der Waals surface area contributed by atoms with Crippen LogP contribution in [0.2, 0.25) is 10.0 Å². The quantitative estimate of drug-likeness (QED) is 0.297. The standard InChI is InChI=1S/C26H27BrCl2N2O3/c1-2-33-25-13-19(22(27)15-26(25)34-17-18-4-3-5-20(28)12-18)16-30-21-6-7-24(23(29)14-21)31-8-10-32-11-9-31/h3-7,12-15,30H,2,8-11,16-17H2,1H3. The molecule has 3 aromatic rings. The fourth-order valence-corrected chi connectivity index (χ4v) is 4.73. The SMILES string of the molecule is CCOc1cc(CNc2ccc(N3CCOCC3)c(Cl)c2)c(Br)cc1OCc1cccc(Cl)c1. The average Bonchev–Trinajstić information content (AvgIpc) is 2.84. The number of hydrogen-bond acceptors (Lipinski definition) is 5. The number of benzene rings is 3. The maximum Gasteiger partial charge on any atom is 0.162 e. The van der Waals surface area contributed by atoms with Gasteiger partial charge in [-0.15, -0.1) is 0 Å². The van der Waals surface area contributed by atoms with E-state index in [1.165, 1.54) is 0 Å². The molecule has 5 nitrogen and oxygen atoms in total. The van der Waals surface area contributed by atoms with Gasteiger partial charge in [-0.1, -0.05) is 51.3 Å². The van der Waals surface area contributed by atoms with Crippen LogP contribution in [0.1, 0.15) is 18.1 Å². The highest BCUT2D eigenvalue weighted by molar-refractivity contribution is 9.10. The normalized spacial score (nSPS) is 13.6. The van der Waals surface area contributed by atoms with Crippen molar-refractivity contribution in [1.82, 2.24) is 0 Å². The molecule has 0 saturated carbocycles. The molecule has 1 aliphatic rings. The fraction of sp³-hybridized carbons (Fsp3) is 0.308. The van der Waals surface area contributed by atoms with Gasteiger partial charge in [-0.25, -0.2) is 0 Å². The van der Waals surface area contributed by atoms with Crippen molar-refractivity contribution >= 4 is 50.5 Å². The van der Waals surface area contributed by atoms with Gasteiger partial charge >= 0.3 is 0 Å². The van der Waals surface area contributed by atoms with Crippen LogP contribution in [-0.4, -0.2) is 32.9 Å². The summed E-state index contributed by atoms with van der Waals surface area (Å²) in [5, 5.41) is 4.87. The largest absolute Gasteiger partial charge is 0.490 e. The smallest absolute Gasteiger partial charge is 0.162 e. The Morgan fingerprint density at radius 1 is 1.00 bits per heavy atom. The van der Waals surface area contributed by atoms with Crippen molar-refractivity contribution in [1.29, 1.82) is 0 Å². The maximum absolute atomic E-state index is 6.58. The van der Waals surface area contributed by atoms with Crippen molar-refractivity contribution in [3.05, 3.63) is 80.2 Å². The summed E-state index contributed by atoms with van der Waals surface area (Å²) in [5.41, 5.74) is 4.03. The summed E-state index contributed by atoms with van der Waals surface area (Å²) in [5.74, 6) is 1.38.